The van der Waals surface area contributed by atoms with Gasteiger partial charge in [-0.2, -0.15) is 0 Å². The quantitative estimate of drug-likeness (QED) is 0.484. The molecule has 2 atom stereocenters. The van der Waals surface area contributed by atoms with Crippen LogP contribution in [0.15, 0.2) is 33.7 Å². The third kappa shape index (κ3) is 7.13. The van der Waals surface area contributed by atoms with Crippen molar-refractivity contribution in [3.8, 4) is 5.75 Å². The van der Waals surface area contributed by atoms with Crippen LogP contribution in [0.5, 0.6) is 5.75 Å². The smallest absolute Gasteiger partial charge is 0.191 e. The molecule has 0 fully saturated rings. The first kappa shape index (κ1) is 18.8. The van der Waals surface area contributed by atoms with Crippen molar-refractivity contribution >= 4 is 21.9 Å². The van der Waals surface area contributed by atoms with Gasteiger partial charge in [-0.1, -0.05) is 19.1 Å². The standard InChI is InChI=1S/C16H26BrN3O2/c1-4-18-16(19-9-12(2)11-21)20-10-13(3)22-15-8-6-5-7-14(15)17/h5-8,12-13,21H,4,9-11H2,1-3H3,(H2,18,19,20). The first-order chi connectivity index (χ1) is 10.6. The number of nitrogens with one attached hydrogen (secondary N) is 2. The lowest BCUT2D eigenvalue weighted by molar-refractivity contribution is 0.222. The Morgan fingerprint density at radius 2 is 2.05 bits per heavy atom. The minimum Gasteiger partial charge on any atom is -0.488 e. The van der Waals surface area contributed by atoms with Crippen molar-refractivity contribution in [2.24, 2.45) is 10.9 Å². The van der Waals surface area contributed by atoms with Crippen molar-refractivity contribution < 1.29 is 9.84 Å². The second kappa shape index (κ2) is 10.5. The maximum absolute atomic E-state index is 9.05. The molecular formula is C16H26BrN3O2. The highest BCUT2D eigenvalue weighted by molar-refractivity contribution is 9.10. The largest absolute Gasteiger partial charge is 0.488 e. The van der Waals surface area contributed by atoms with Crippen molar-refractivity contribution in [1.29, 1.82) is 0 Å². The van der Waals surface area contributed by atoms with Gasteiger partial charge in [0.05, 0.1) is 11.0 Å². The molecule has 6 heteroatoms. The summed E-state index contributed by atoms with van der Waals surface area (Å²) in [5.41, 5.74) is 0. The molecule has 0 aliphatic carbocycles. The van der Waals surface area contributed by atoms with Gasteiger partial charge in [0.1, 0.15) is 11.9 Å². The van der Waals surface area contributed by atoms with Crippen LogP contribution < -0.4 is 15.4 Å². The van der Waals surface area contributed by atoms with Gasteiger partial charge in [-0.05, 0) is 47.8 Å². The maximum Gasteiger partial charge on any atom is 0.191 e. The number of guanidine groups is 1. The number of rotatable bonds is 8. The molecule has 0 aromatic heterocycles. The van der Waals surface area contributed by atoms with E-state index in [-0.39, 0.29) is 18.6 Å². The Bertz CT molecular complexity index is 468. The highest BCUT2D eigenvalue weighted by Gasteiger charge is 2.08. The summed E-state index contributed by atoms with van der Waals surface area (Å²) in [6.45, 7) is 8.15. The third-order valence-corrected chi connectivity index (χ3v) is 3.59. The molecule has 0 saturated heterocycles. The Labute approximate surface area is 141 Å². The van der Waals surface area contributed by atoms with Crippen LogP contribution >= 0.6 is 15.9 Å². The number of ether oxygens (including phenoxy) is 1. The lowest BCUT2D eigenvalue weighted by atomic mass is 10.2. The van der Waals surface area contributed by atoms with Gasteiger partial charge in [-0.15, -0.1) is 0 Å². The number of hydrogen-bond donors (Lipinski definition) is 3. The van der Waals surface area contributed by atoms with Gasteiger partial charge in [0.25, 0.3) is 0 Å². The minimum absolute atomic E-state index is 0.00202. The first-order valence-electron chi connectivity index (χ1n) is 7.61. The highest BCUT2D eigenvalue weighted by Crippen LogP contribution is 2.24. The van der Waals surface area contributed by atoms with Gasteiger partial charge in [0.15, 0.2) is 5.96 Å². The Hall–Kier alpha value is -1.27. The normalized spacial score (nSPS) is 14.3. The van der Waals surface area contributed by atoms with Gasteiger partial charge < -0.3 is 20.5 Å². The number of aliphatic imine (C=N–C) groups is 1. The molecule has 22 heavy (non-hydrogen) atoms. The molecule has 5 nitrogen and oxygen atoms in total. The SMILES string of the molecule is CCNC(=NCC(C)CO)NCC(C)Oc1ccccc1Br. The zero-order chi connectivity index (χ0) is 16.4. The number of aliphatic hydroxyl groups excluding tert-OH is 1. The van der Waals surface area contributed by atoms with Gasteiger partial charge in [0.2, 0.25) is 0 Å². The van der Waals surface area contributed by atoms with E-state index in [9.17, 15) is 0 Å². The molecule has 1 aromatic carbocycles. The van der Waals surface area contributed by atoms with E-state index < -0.39 is 0 Å². The summed E-state index contributed by atoms with van der Waals surface area (Å²) >= 11 is 3.47. The molecule has 124 valence electrons. The monoisotopic (exact) mass is 371 g/mol. The van der Waals surface area contributed by atoms with Crippen LogP contribution in [0.2, 0.25) is 0 Å². The molecule has 0 heterocycles. The molecule has 0 amide bonds. The average molecular weight is 372 g/mol. The number of para-hydroxylation sites is 1. The van der Waals surface area contributed by atoms with Gasteiger partial charge >= 0.3 is 0 Å². The summed E-state index contributed by atoms with van der Waals surface area (Å²) < 4.78 is 6.83. The maximum atomic E-state index is 9.05. The summed E-state index contributed by atoms with van der Waals surface area (Å²) in [5.74, 6) is 1.72. The van der Waals surface area contributed by atoms with Crippen molar-refractivity contribution in [3.63, 3.8) is 0 Å². The fourth-order valence-corrected chi connectivity index (χ4v) is 2.06. The summed E-state index contributed by atoms with van der Waals surface area (Å²) in [5, 5.41) is 15.5. The summed E-state index contributed by atoms with van der Waals surface area (Å²) in [7, 11) is 0. The number of hydrogen-bond acceptors (Lipinski definition) is 3. The second-order valence-corrected chi connectivity index (χ2v) is 6.10. The molecule has 1 rings (SSSR count). The molecule has 1 aromatic rings. The van der Waals surface area contributed by atoms with Gasteiger partial charge in [-0.3, -0.25) is 4.99 Å². The number of halogens is 1. The minimum atomic E-state index is -0.00202. The molecule has 0 aliphatic rings. The Morgan fingerprint density at radius 1 is 1.32 bits per heavy atom. The van der Waals surface area contributed by atoms with Crippen molar-refractivity contribution in [3.05, 3.63) is 28.7 Å². The summed E-state index contributed by atoms with van der Waals surface area (Å²) in [4.78, 5) is 4.45. The van der Waals surface area contributed by atoms with Crippen LogP contribution in [-0.4, -0.2) is 43.4 Å². The molecule has 0 radical (unpaired) electrons. The Morgan fingerprint density at radius 3 is 2.68 bits per heavy atom. The molecular weight excluding hydrogens is 346 g/mol. The number of nitrogens with zero attached hydrogens (tertiary/aromatic N) is 1. The van der Waals surface area contributed by atoms with Gasteiger partial charge in [-0.25, -0.2) is 0 Å². The van der Waals surface area contributed by atoms with Gasteiger partial charge in [0, 0.05) is 19.7 Å². The van der Waals surface area contributed by atoms with Crippen LogP contribution in [0, 0.1) is 5.92 Å². The van der Waals surface area contributed by atoms with E-state index in [0.717, 1.165) is 22.7 Å². The van der Waals surface area contributed by atoms with Crippen LogP contribution in [0.1, 0.15) is 20.8 Å². The topological polar surface area (TPSA) is 65.9 Å². The van der Waals surface area contributed by atoms with E-state index in [1.54, 1.807) is 0 Å². The lowest BCUT2D eigenvalue weighted by Crippen LogP contribution is -2.42. The number of benzene rings is 1. The molecule has 0 aliphatic heterocycles. The van der Waals surface area contributed by atoms with Crippen molar-refractivity contribution in [2.75, 3.05) is 26.2 Å². The Kier molecular flexibility index (Phi) is 8.92. The molecule has 3 N–H and O–H groups in total. The number of aliphatic hydroxyl groups is 1. The fraction of sp³-hybridized carbons (Fsp3) is 0.562. The zero-order valence-corrected chi connectivity index (χ0v) is 15.1. The predicted molar refractivity (Wildman–Crippen MR) is 94.5 cm³/mol. The van der Waals surface area contributed by atoms with E-state index in [0.29, 0.717) is 13.1 Å². The molecule has 0 spiro atoms. The first-order valence-corrected chi connectivity index (χ1v) is 8.40. The third-order valence-electron chi connectivity index (χ3n) is 2.94. The highest BCUT2D eigenvalue weighted by atomic mass is 79.9. The van der Waals surface area contributed by atoms with Crippen molar-refractivity contribution in [2.45, 2.75) is 26.9 Å². The van der Waals surface area contributed by atoms with Crippen LogP contribution in [0.3, 0.4) is 0 Å². The van der Waals surface area contributed by atoms with Crippen LogP contribution in [0.4, 0.5) is 0 Å². The molecule has 0 bridgehead atoms. The molecule has 2 unspecified atom stereocenters. The Balaban J connectivity index is 2.48. The molecule has 0 saturated carbocycles. The average Bonchev–Trinajstić information content (AvgIpc) is 2.52. The van der Waals surface area contributed by atoms with E-state index in [2.05, 4.69) is 31.6 Å². The van der Waals surface area contributed by atoms with E-state index >= 15 is 0 Å². The summed E-state index contributed by atoms with van der Waals surface area (Å²) in [6.07, 6.45) is -0.00202. The predicted octanol–water partition coefficient (Wildman–Crippen LogP) is 2.40. The fourth-order valence-electron chi connectivity index (χ4n) is 1.69. The van der Waals surface area contributed by atoms with Crippen LogP contribution in [-0.2, 0) is 0 Å². The van der Waals surface area contributed by atoms with Crippen LogP contribution in [0.25, 0.3) is 0 Å². The second-order valence-electron chi connectivity index (χ2n) is 5.25. The lowest BCUT2D eigenvalue weighted by Gasteiger charge is -2.18. The van der Waals surface area contributed by atoms with E-state index in [1.165, 1.54) is 0 Å². The van der Waals surface area contributed by atoms with Crippen molar-refractivity contribution in [1.82, 2.24) is 10.6 Å². The summed E-state index contributed by atoms with van der Waals surface area (Å²) in [6, 6.07) is 7.79. The van der Waals surface area contributed by atoms with E-state index in [1.807, 2.05) is 45.0 Å². The zero-order valence-electron chi connectivity index (χ0n) is 13.5. The van der Waals surface area contributed by atoms with E-state index in [4.69, 9.17) is 9.84 Å².